The van der Waals surface area contributed by atoms with Crippen LogP contribution in [0.4, 0.5) is 0 Å². The molecule has 1 saturated heterocycles. The molecule has 1 fully saturated rings. The Balaban J connectivity index is 2.71. The first kappa shape index (κ1) is 19.2. The van der Waals surface area contributed by atoms with Crippen LogP contribution in [0.15, 0.2) is 0 Å². The van der Waals surface area contributed by atoms with Gasteiger partial charge in [0, 0.05) is 12.0 Å². The highest BCUT2D eigenvalue weighted by molar-refractivity contribution is 8.16. The van der Waals surface area contributed by atoms with E-state index in [4.69, 9.17) is 12.6 Å². The summed E-state index contributed by atoms with van der Waals surface area (Å²) in [6.45, 7) is 5.76. The minimum absolute atomic E-state index is 0.0911. The lowest BCUT2D eigenvalue weighted by atomic mass is 9.90. The Morgan fingerprint density at radius 3 is 2.41 bits per heavy atom. The van der Waals surface area contributed by atoms with Crippen LogP contribution < -0.4 is 5.48 Å². The van der Waals surface area contributed by atoms with Crippen molar-refractivity contribution in [1.82, 2.24) is 10.4 Å². The summed E-state index contributed by atoms with van der Waals surface area (Å²) < 4.78 is 24.4. The summed E-state index contributed by atoms with van der Waals surface area (Å²) in [7, 11) is 2.53. The lowest BCUT2D eigenvalue weighted by Gasteiger charge is -2.40. The second-order valence-electron chi connectivity index (χ2n) is 6.09. The molecule has 0 saturated carbocycles. The van der Waals surface area contributed by atoms with Crippen molar-refractivity contribution in [1.29, 1.82) is 5.26 Å². The maximum Gasteiger partial charge on any atom is 0.238 e. The summed E-state index contributed by atoms with van der Waals surface area (Å²) in [5.41, 5.74) is 2.11. The van der Waals surface area contributed by atoms with Gasteiger partial charge in [0.25, 0.3) is 0 Å². The molecule has 0 aliphatic carbocycles. The summed E-state index contributed by atoms with van der Waals surface area (Å²) in [5, 5.41) is 9.23. The smallest absolute Gasteiger partial charge is 0.238 e. The van der Waals surface area contributed by atoms with E-state index in [1.54, 1.807) is 4.90 Å². The van der Waals surface area contributed by atoms with Gasteiger partial charge >= 0.3 is 0 Å². The van der Waals surface area contributed by atoms with E-state index in [0.29, 0.717) is 19.4 Å². The zero-order valence-electron chi connectivity index (χ0n) is 13.7. The average Bonchev–Trinajstić information content (AvgIpc) is 2.50. The predicted octanol–water partition coefficient (Wildman–Crippen LogP) is 1.75. The summed E-state index contributed by atoms with van der Waals surface area (Å²) in [4.78, 5) is 14.0. The number of hydroxylamine groups is 1. The fraction of sp³-hybridized carbons (Fsp3) is 0.846. The van der Waals surface area contributed by atoms with E-state index in [9.17, 15) is 14.6 Å². The number of rotatable bonds is 5. The van der Waals surface area contributed by atoms with Crippen LogP contribution in [0.2, 0.25) is 0 Å². The van der Waals surface area contributed by atoms with Gasteiger partial charge in [0.05, 0.1) is 26.3 Å². The summed E-state index contributed by atoms with van der Waals surface area (Å²) >= 11 is -3.08. The second kappa shape index (κ2) is 7.59. The summed E-state index contributed by atoms with van der Waals surface area (Å²) in [6.07, 6.45) is 1.17. The van der Waals surface area contributed by atoms with E-state index in [1.165, 1.54) is 14.2 Å². The maximum atomic E-state index is 12.5. The molecule has 0 aromatic rings. The van der Waals surface area contributed by atoms with Crippen LogP contribution in [0.5, 0.6) is 0 Å². The van der Waals surface area contributed by atoms with E-state index < -0.39 is 22.6 Å². The normalized spacial score (nSPS) is 24.0. The van der Waals surface area contributed by atoms with Crippen molar-refractivity contribution >= 4 is 17.1 Å². The molecule has 2 N–H and O–H groups in total. The van der Waals surface area contributed by atoms with Crippen LogP contribution in [0.3, 0.4) is 0 Å². The minimum atomic E-state index is -3.08. The molecule has 0 spiro atoms. The molecule has 1 aliphatic rings. The first-order chi connectivity index (χ1) is 10.2. The van der Waals surface area contributed by atoms with E-state index >= 15 is 0 Å². The molecule has 9 heteroatoms. The van der Waals surface area contributed by atoms with Crippen molar-refractivity contribution in [3.63, 3.8) is 0 Å². The average molecular weight is 335 g/mol. The van der Waals surface area contributed by atoms with Gasteiger partial charge in [0.2, 0.25) is 17.1 Å². The Hall–Kier alpha value is -0.890. The second-order valence-corrected chi connectivity index (χ2v) is 7.78. The number of nitrogens with one attached hydrogen (secondary N) is 1. The number of hydrogen-bond acceptors (Lipinski definition) is 7. The highest BCUT2D eigenvalue weighted by Crippen LogP contribution is 2.44. The zero-order chi connectivity index (χ0) is 17.0. The summed E-state index contributed by atoms with van der Waals surface area (Å²) in [6, 6.07) is 1.50. The van der Waals surface area contributed by atoms with Gasteiger partial charge in [0.1, 0.15) is 6.04 Å². The predicted molar refractivity (Wildman–Crippen MR) is 82.0 cm³/mol. The largest absolute Gasteiger partial charge is 0.325 e. The molecular weight excluding hydrogens is 310 g/mol. The van der Waals surface area contributed by atoms with Gasteiger partial charge in [-0.25, -0.2) is 0 Å². The molecule has 1 unspecified atom stereocenters. The molecule has 128 valence electrons. The SMILES string of the molecule is COS(O)(OC)ONC1CC[C@@H](C#N)N(C(=O)C(C)(C)C)C1. The van der Waals surface area contributed by atoms with E-state index in [2.05, 4.69) is 11.5 Å². The molecule has 8 nitrogen and oxygen atoms in total. The number of hydrogen-bond donors (Lipinski definition) is 2. The Morgan fingerprint density at radius 1 is 1.36 bits per heavy atom. The van der Waals surface area contributed by atoms with Crippen molar-refractivity contribution in [2.45, 2.75) is 45.7 Å². The van der Waals surface area contributed by atoms with Crippen molar-refractivity contribution in [3.8, 4) is 6.07 Å². The van der Waals surface area contributed by atoms with Crippen LogP contribution in [0.1, 0.15) is 33.6 Å². The molecule has 1 rings (SSSR count). The van der Waals surface area contributed by atoms with E-state index in [-0.39, 0.29) is 11.9 Å². The molecule has 1 heterocycles. The number of nitrogens with zero attached hydrogens (tertiary/aromatic N) is 2. The molecular formula is C13H25N3O5S. The van der Waals surface area contributed by atoms with Crippen molar-refractivity contribution in [2.24, 2.45) is 5.41 Å². The van der Waals surface area contributed by atoms with Gasteiger partial charge in [-0.3, -0.25) is 17.7 Å². The molecule has 0 aromatic heterocycles. The van der Waals surface area contributed by atoms with E-state index in [0.717, 1.165) is 0 Å². The van der Waals surface area contributed by atoms with Crippen molar-refractivity contribution in [2.75, 3.05) is 20.8 Å². The fourth-order valence-electron chi connectivity index (χ4n) is 2.12. The highest BCUT2D eigenvalue weighted by atomic mass is 32.3. The molecule has 0 bridgehead atoms. The fourth-order valence-corrected chi connectivity index (χ4v) is 2.65. The van der Waals surface area contributed by atoms with Crippen molar-refractivity contribution in [3.05, 3.63) is 0 Å². The Morgan fingerprint density at radius 2 is 1.95 bits per heavy atom. The molecule has 0 aromatic carbocycles. The number of amides is 1. The van der Waals surface area contributed by atoms with Gasteiger partial charge in [-0.2, -0.15) is 15.0 Å². The number of likely N-dealkylation sites (tertiary alicyclic amines) is 1. The third-order valence-corrected chi connectivity index (χ3v) is 4.52. The van der Waals surface area contributed by atoms with Crippen LogP contribution in [0, 0.1) is 16.7 Å². The molecule has 1 aliphatic heterocycles. The van der Waals surface area contributed by atoms with E-state index in [1.807, 2.05) is 20.8 Å². The van der Waals surface area contributed by atoms with Crippen molar-refractivity contribution < 1.29 is 22.0 Å². The standard InChI is InChI=1S/C13H25N3O5S/c1-13(2,3)12(17)16-9-10(6-7-11(16)8-14)15-21-22(18,19-4)20-5/h10-11,15,18H,6-7,9H2,1-5H3/t10?,11-/m0/s1. The van der Waals surface area contributed by atoms with Gasteiger partial charge in [-0.1, -0.05) is 20.8 Å². The minimum Gasteiger partial charge on any atom is -0.325 e. The van der Waals surface area contributed by atoms with Gasteiger partial charge in [-0.05, 0) is 12.8 Å². The van der Waals surface area contributed by atoms with Crippen LogP contribution in [-0.2, 0) is 17.4 Å². The first-order valence-corrected chi connectivity index (χ1v) is 8.35. The molecule has 0 radical (unpaired) electrons. The van der Waals surface area contributed by atoms with Gasteiger partial charge in [0.15, 0.2) is 0 Å². The number of nitriles is 1. The maximum absolute atomic E-state index is 12.5. The molecule has 2 atom stereocenters. The van der Waals surface area contributed by atoms with Gasteiger partial charge in [-0.15, -0.1) is 0 Å². The first-order valence-electron chi connectivity index (χ1n) is 6.98. The van der Waals surface area contributed by atoms with Crippen LogP contribution >= 0.6 is 11.2 Å². The number of carbonyl (C=O) groups excluding carboxylic acids is 1. The lowest BCUT2D eigenvalue weighted by Crippen LogP contribution is -2.55. The quantitative estimate of drug-likeness (QED) is 0.738. The monoisotopic (exact) mass is 335 g/mol. The summed E-state index contributed by atoms with van der Waals surface area (Å²) in [5.74, 6) is -0.0911. The molecule has 1 amide bonds. The zero-order valence-corrected chi connectivity index (χ0v) is 14.5. The van der Waals surface area contributed by atoms with Crippen LogP contribution in [0.25, 0.3) is 0 Å². The topological polar surface area (TPSA) is 104 Å². The Labute approximate surface area is 133 Å². The molecule has 22 heavy (non-hydrogen) atoms. The third-order valence-electron chi connectivity index (χ3n) is 3.37. The third kappa shape index (κ3) is 4.81. The number of piperidine rings is 1. The Kier molecular flexibility index (Phi) is 6.61. The Bertz CT molecular complexity index is 430. The van der Waals surface area contributed by atoms with Gasteiger partial charge < -0.3 is 4.90 Å². The number of carbonyl (C=O) groups is 1. The lowest BCUT2D eigenvalue weighted by molar-refractivity contribution is -0.143. The highest BCUT2D eigenvalue weighted by Gasteiger charge is 2.37. The van der Waals surface area contributed by atoms with Crippen LogP contribution in [-0.4, -0.2) is 48.2 Å².